The molecule has 0 radical (unpaired) electrons. The van der Waals surface area contributed by atoms with Gasteiger partial charge in [-0.25, -0.2) is 4.98 Å². The van der Waals surface area contributed by atoms with Crippen LogP contribution in [0.4, 0.5) is 11.5 Å². The van der Waals surface area contributed by atoms with Gasteiger partial charge in [-0.1, -0.05) is 13.8 Å². The maximum Gasteiger partial charge on any atom is 0.151 e. The minimum Gasteiger partial charge on any atom is -0.396 e. The third-order valence-electron chi connectivity index (χ3n) is 2.31. The number of hydrogen-bond donors (Lipinski definition) is 1. The van der Waals surface area contributed by atoms with Crippen molar-refractivity contribution in [2.45, 2.75) is 26.7 Å². The van der Waals surface area contributed by atoms with E-state index in [0.717, 1.165) is 31.7 Å². The summed E-state index contributed by atoms with van der Waals surface area (Å²) in [5.41, 5.74) is 7.00. The highest BCUT2D eigenvalue weighted by Crippen LogP contribution is 2.21. The van der Waals surface area contributed by atoms with Gasteiger partial charge in [0, 0.05) is 19.3 Å². The van der Waals surface area contributed by atoms with Gasteiger partial charge in [-0.05, 0) is 18.9 Å². The summed E-state index contributed by atoms with van der Waals surface area (Å²) in [6.07, 6.45) is 3.69. The van der Waals surface area contributed by atoms with E-state index in [0.29, 0.717) is 11.3 Å². The summed E-state index contributed by atoms with van der Waals surface area (Å²) < 4.78 is 0. The van der Waals surface area contributed by atoms with Crippen LogP contribution in [0.1, 0.15) is 32.3 Å². The lowest BCUT2D eigenvalue weighted by molar-refractivity contribution is 0.735. The van der Waals surface area contributed by atoms with Crippen molar-refractivity contribution in [1.82, 2.24) is 4.98 Å². The third kappa shape index (κ3) is 2.86. The molecule has 1 aromatic heterocycles. The van der Waals surface area contributed by atoms with Gasteiger partial charge in [-0.15, -0.1) is 0 Å². The average molecular weight is 218 g/mol. The number of nitrogens with zero attached hydrogens (tertiary/aromatic N) is 3. The van der Waals surface area contributed by atoms with Gasteiger partial charge in [0.05, 0.1) is 11.3 Å². The van der Waals surface area contributed by atoms with Crippen LogP contribution in [0.25, 0.3) is 0 Å². The second-order valence-corrected chi connectivity index (χ2v) is 3.74. The Morgan fingerprint density at radius 3 is 2.44 bits per heavy atom. The Morgan fingerprint density at radius 1 is 1.38 bits per heavy atom. The highest BCUT2D eigenvalue weighted by Gasteiger charge is 2.10. The van der Waals surface area contributed by atoms with E-state index in [1.807, 2.05) is 6.07 Å². The molecule has 1 aromatic rings. The summed E-state index contributed by atoms with van der Waals surface area (Å²) in [6.45, 7) is 6.14. The number of anilines is 2. The molecule has 1 rings (SSSR count). The first kappa shape index (κ1) is 12.3. The van der Waals surface area contributed by atoms with Gasteiger partial charge in [0.15, 0.2) is 5.82 Å². The fourth-order valence-electron chi connectivity index (χ4n) is 1.66. The lowest BCUT2D eigenvalue weighted by Gasteiger charge is -2.23. The number of rotatable bonds is 5. The Labute approximate surface area is 96.7 Å². The summed E-state index contributed by atoms with van der Waals surface area (Å²) in [4.78, 5) is 6.43. The highest BCUT2D eigenvalue weighted by molar-refractivity contribution is 5.64. The number of nitriles is 1. The molecule has 0 fully saturated rings. The quantitative estimate of drug-likeness (QED) is 0.822. The zero-order chi connectivity index (χ0) is 12.0. The summed E-state index contributed by atoms with van der Waals surface area (Å²) in [6, 6.07) is 3.72. The van der Waals surface area contributed by atoms with E-state index in [1.165, 1.54) is 0 Å². The van der Waals surface area contributed by atoms with Crippen molar-refractivity contribution in [3.63, 3.8) is 0 Å². The Kier molecular flexibility index (Phi) is 4.59. The molecular formula is C12H18N4. The van der Waals surface area contributed by atoms with Crippen LogP contribution in [-0.4, -0.2) is 18.1 Å². The molecule has 0 amide bonds. The van der Waals surface area contributed by atoms with Gasteiger partial charge < -0.3 is 10.6 Å². The van der Waals surface area contributed by atoms with Gasteiger partial charge >= 0.3 is 0 Å². The molecule has 0 aliphatic rings. The zero-order valence-corrected chi connectivity index (χ0v) is 9.90. The molecule has 2 N–H and O–H groups in total. The van der Waals surface area contributed by atoms with E-state index >= 15 is 0 Å². The van der Waals surface area contributed by atoms with Crippen molar-refractivity contribution < 1.29 is 0 Å². The molecule has 16 heavy (non-hydrogen) atoms. The van der Waals surface area contributed by atoms with Crippen LogP contribution in [0, 0.1) is 11.3 Å². The van der Waals surface area contributed by atoms with Crippen molar-refractivity contribution in [3.05, 3.63) is 17.8 Å². The smallest absolute Gasteiger partial charge is 0.151 e. The predicted molar refractivity (Wildman–Crippen MR) is 66.2 cm³/mol. The number of nitrogen functional groups attached to an aromatic ring is 1. The molecule has 0 saturated heterocycles. The normalized spacial score (nSPS) is 9.81. The zero-order valence-electron chi connectivity index (χ0n) is 9.90. The maximum atomic E-state index is 8.74. The van der Waals surface area contributed by atoms with Gasteiger partial charge in [-0.2, -0.15) is 5.26 Å². The number of nitrogens with two attached hydrogens (primary N) is 1. The molecule has 0 aromatic carbocycles. The lowest BCUT2D eigenvalue weighted by atomic mass is 10.2. The molecular weight excluding hydrogens is 200 g/mol. The predicted octanol–water partition coefficient (Wildman–Crippen LogP) is 2.16. The second-order valence-electron chi connectivity index (χ2n) is 3.74. The average Bonchev–Trinajstić information content (AvgIpc) is 2.29. The van der Waals surface area contributed by atoms with Crippen LogP contribution in [0.5, 0.6) is 0 Å². The van der Waals surface area contributed by atoms with Crippen molar-refractivity contribution in [1.29, 1.82) is 5.26 Å². The molecule has 0 atom stereocenters. The largest absolute Gasteiger partial charge is 0.396 e. The fourth-order valence-corrected chi connectivity index (χ4v) is 1.66. The lowest BCUT2D eigenvalue weighted by Crippen LogP contribution is -2.26. The molecule has 4 heteroatoms. The van der Waals surface area contributed by atoms with Crippen LogP contribution in [-0.2, 0) is 0 Å². The minimum absolute atomic E-state index is 0.509. The molecule has 0 aliphatic heterocycles. The number of aromatic nitrogens is 1. The van der Waals surface area contributed by atoms with Crippen LogP contribution in [0.15, 0.2) is 12.3 Å². The topological polar surface area (TPSA) is 65.9 Å². The Bertz CT molecular complexity index is 375. The van der Waals surface area contributed by atoms with Crippen LogP contribution in [0.3, 0.4) is 0 Å². The SMILES string of the molecule is CCCN(CCC)c1ncc(C#N)cc1N. The monoisotopic (exact) mass is 218 g/mol. The van der Waals surface area contributed by atoms with Gasteiger partial charge in [0.25, 0.3) is 0 Å². The molecule has 86 valence electrons. The van der Waals surface area contributed by atoms with Gasteiger partial charge in [-0.3, -0.25) is 0 Å². The summed E-state index contributed by atoms with van der Waals surface area (Å²) >= 11 is 0. The molecule has 0 unspecified atom stereocenters. The van der Waals surface area contributed by atoms with Crippen LogP contribution in [0.2, 0.25) is 0 Å². The molecule has 4 nitrogen and oxygen atoms in total. The molecule has 0 saturated carbocycles. The van der Waals surface area contributed by atoms with E-state index in [9.17, 15) is 0 Å². The van der Waals surface area contributed by atoms with Crippen LogP contribution < -0.4 is 10.6 Å². The van der Waals surface area contributed by atoms with E-state index in [-0.39, 0.29) is 0 Å². The summed E-state index contributed by atoms with van der Waals surface area (Å²) in [5.74, 6) is 0.794. The van der Waals surface area contributed by atoms with E-state index in [1.54, 1.807) is 12.3 Å². The first-order valence-electron chi connectivity index (χ1n) is 5.63. The fraction of sp³-hybridized carbons (Fsp3) is 0.500. The van der Waals surface area contributed by atoms with Crippen LogP contribution >= 0.6 is 0 Å². The van der Waals surface area contributed by atoms with Crippen molar-refractivity contribution in [2.24, 2.45) is 0 Å². The standard InChI is InChI=1S/C12H18N4/c1-3-5-16(6-4-2)12-11(14)7-10(8-13)9-15-12/h7,9H,3-6,14H2,1-2H3. The van der Waals surface area contributed by atoms with Gasteiger partial charge in [0.2, 0.25) is 0 Å². The molecule has 0 spiro atoms. The first-order chi connectivity index (χ1) is 7.72. The molecule has 0 bridgehead atoms. The first-order valence-corrected chi connectivity index (χ1v) is 5.63. The molecule has 1 heterocycles. The van der Waals surface area contributed by atoms with Crippen molar-refractivity contribution >= 4 is 11.5 Å². The third-order valence-corrected chi connectivity index (χ3v) is 2.31. The number of hydrogen-bond acceptors (Lipinski definition) is 4. The number of pyridine rings is 1. The highest BCUT2D eigenvalue weighted by atomic mass is 15.2. The van der Waals surface area contributed by atoms with Crippen molar-refractivity contribution in [2.75, 3.05) is 23.7 Å². The second kappa shape index (κ2) is 5.96. The summed E-state index contributed by atoms with van der Waals surface area (Å²) in [5, 5.41) is 8.74. The Balaban J connectivity index is 2.96. The Hall–Kier alpha value is -1.76. The molecule has 0 aliphatic carbocycles. The summed E-state index contributed by atoms with van der Waals surface area (Å²) in [7, 11) is 0. The maximum absolute atomic E-state index is 8.74. The van der Waals surface area contributed by atoms with Gasteiger partial charge in [0.1, 0.15) is 6.07 Å². The van der Waals surface area contributed by atoms with E-state index < -0.39 is 0 Å². The van der Waals surface area contributed by atoms with E-state index in [4.69, 9.17) is 11.0 Å². The van der Waals surface area contributed by atoms with Crippen molar-refractivity contribution in [3.8, 4) is 6.07 Å². The Morgan fingerprint density at radius 2 is 2.00 bits per heavy atom. The van der Waals surface area contributed by atoms with E-state index in [2.05, 4.69) is 23.7 Å². The minimum atomic E-state index is 0.509.